The summed E-state index contributed by atoms with van der Waals surface area (Å²) in [5, 5.41) is 0. The van der Waals surface area contributed by atoms with Gasteiger partial charge in [0.05, 0.1) is 6.61 Å². The molecule has 0 saturated carbocycles. The van der Waals surface area contributed by atoms with Crippen LogP contribution in [0.2, 0.25) is 0 Å². The summed E-state index contributed by atoms with van der Waals surface area (Å²) in [4.78, 5) is 0. The van der Waals surface area contributed by atoms with Crippen molar-refractivity contribution in [1.82, 2.24) is 0 Å². The summed E-state index contributed by atoms with van der Waals surface area (Å²) in [7, 11) is -4.17. The SMILES string of the molecule is CCCCCCCC(N)C(C)(C)C.CCOS(=O)(=O)O. The first kappa shape index (κ1) is 22.1. The number of hydrogen-bond acceptors (Lipinski definition) is 4. The Hall–Kier alpha value is -0.170. The van der Waals surface area contributed by atoms with E-state index in [9.17, 15) is 8.42 Å². The van der Waals surface area contributed by atoms with Crippen molar-refractivity contribution in [2.45, 2.75) is 79.2 Å². The van der Waals surface area contributed by atoms with Gasteiger partial charge in [-0.2, -0.15) is 8.42 Å². The third-order valence-electron chi connectivity index (χ3n) is 3.00. The largest absolute Gasteiger partial charge is 0.397 e. The zero-order chi connectivity index (χ0) is 16.2. The van der Waals surface area contributed by atoms with Crippen molar-refractivity contribution in [3.63, 3.8) is 0 Å². The Kier molecular flexibility index (Phi) is 12.7. The molecule has 0 aromatic heterocycles. The van der Waals surface area contributed by atoms with Crippen molar-refractivity contribution < 1.29 is 17.2 Å². The molecule has 0 spiro atoms. The molecule has 20 heavy (non-hydrogen) atoms. The predicted molar refractivity (Wildman–Crippen MR) is 84.0 cm³/mol. The minimum atomic E-state index is -4.17. The van der Waals surface area contributed by atoms with Crippen molar-refractivity contribution in [2.75, 3.05) is 6.61 Å². The lowest BCUT2D eigenvalue weighted by molar-refractivity contribution is 0.283. The van der Waals surface area contributed by atoms with Crippen LogP contribution in [0.1, 0.15) is 73.1 Å². The minimum absolute atomic E-state index is 0.0289. The molecule has 0 aliphatic heterocycles. The fourth-order valence-corrected chi connectivity index (χ4v) is 1.85. The highest BCUT2D eigenvalue weighted by atomic mass is 32.3. The first-order valence-corrected chi connectivity index (χ1v) is 8.78. The normalized spacial score (nSPS) is 13.6. The molecule has 0 aliphatic carbocycles. The molecule has 1 atom stereocenters. The van der Waals surface area contributed by atoms with Crippen molar-refractivity contribution in [1.29, 1.82) is 0 Å². The second-order valence-electron chi connectivity index (χ2n) is 6.01. The highest BCUT2D eigenvalue weighted by molar-refractivity contribution is 7.80. The maximum atomic E-state index is 9.56. The molecule has 0 fully saturated rings. The summed E-state index contributed by atoms with van der Waals surface area (Å²) < 4.78 is 30.7. The van der Waals surface area contributed by atoms with Crippen molar-refractivity contribution in [2.24, 2.45) is 11.1 Å². The van der Waals surface area contributed by atoms with Crippen molar-refractivity contribution in [3.05, 3.63) is 0 Å². The molecule has 1 unspecified atom stereocenters. The zero-order valence-electron chi connectivity index (χ0n) is 13.7. The van der Waals surface area contributed by atoms with Gasteiger partial charge < -0.3 is 5.73 Å². The molecular weight excluding hydrogens is 278 g/mol. The molecule has 3 N–H and O–H groups in total. The number of hydrogen-bond donors (Lipinski definition) is 2. The molecule has 0 amide bonds. The first-order chi connectivity index (χ1) is 9.04. The Balaban J connectivity index is 0. The maximum Gasteiger partial charge on any atom is 0.397 e. The van der Waals surface area contributed by atoms with Gasteiger partial charge in [0.25, 0.3) is 0 Å². The van der Waals surface area contributed by atoms with Gasteiger partial charge in [-0.15, -0.1) is 0 Å². The second-order valence-corrected chi connectivity index (χ2v) is 7.10. The third-order valence-corrected chi connectivity index (χ3v) is 3.53. The average molecular weight is 311 g/mol. The van der Waals surface area contributed by atoms with E-state index < -0.39 is 10.4 Å². The molecule has 0 aromatic rings. The fourth-order valence-electron chi connectivity index (χ4n) is 1.55. The van der Waals surface area contributed by atoms with Gasteiger partial charge in [-0.25, -0.2) is 4.18 Å². The second kappa shape index (κ2) is 11.5. The van der Waals surface area contributed by atoms with Crippen LogP contribution in [-0.4, -0.2) is 25.6 Å². The van der Waals surface area contributed by atoms with E-state index in [-0.39, 0.29) is 12.0 Å². The summed E-state index contributed by atoms with van der Waals surface area (Å²) in [6.45, 7) is 10.4. The lowest BCUT2D eigenvalue weighted by Gasteiger charge is -2.26. The lowest BCUT2D eigenvalue weighted by Crippen LogP contribution is -2.34. The van der Waals surface area contributed by atoms with Gasteiger partial charge in [-0.1, -0.05) is 59.8 Å². The number of rotatable bonds is 8. The summed E-state index contributed by atoms with van der Waals surface area (Å²) in [6, 6.07) is 0.370. The summed E-state index contributed by atoms with van der Waals surface area (Å²) in [5.41, 5.74) is 6.35. The van der Waals surface area contributed by atoms with E-state index in [0.717, 1.165) is 0 Å². The number of nitrogens with two attached hydrogens (primary N) is 1. The highest BCUT2D eigenvalue weighted by Gasteiger charge is 2.19. The predicted octanol–water partition coefficient (Wildman–Crippen LogP) is 3.55. The molecular formula is C14H33NO4S. The average Bonchev–Trinajstić information content (AvgIpc) is 2.26. The van der Waals surface area contributed by atoms with Crippen LogP contribution in [0.5, 0.6) is 0 Å². The molecule has 0 aliphatic rings. The maximum absolute atomic E-state index is 9.56. The summed E-state index contributed by atoms with van der Waals surface area (Å²) in [6.07, 6.45) is 7.94. The van der Waals surface area contributed by atoms with Crippen LogP contribution in [0.4, 0.5) is 0 Å². The fraction of sp³-hybridized carbons (Fsp3) is 1.00. The van der Waals surface area contributed by atoms with E-state index >= 15 is 0 Å². The standard InChI is InChI=1S/C12H27N.C2H6O4S/c1-5-6-7-8-9-10-11(13)12(2,3)4;1-2-6-7(3,4)5/h11H,5-10,13H2,1-4H3;2H2,1H3,(H,3,4,5). The van der Waals surface area contributed by atoms with Crippen LogP contribution in [0.3, 0.4) is 0 Å². The molecule has 5 nitrogen and oxygen atoms in total. The van der Waals surface area contributed by atoms with E-state index in [1.165, 1.54) is 45.4 Å². The third kappa shape index (κ3) is 17.8. The van der Waals surface area contributed by atoms with Crippen molar-refractivity contribution >= 4 is 10.4 Å². The molecule has 124 valence electrons. The topological polar surface area (TPSA) is 89.6 Å². The van der Waals surface area contributed by atoms with Gasteiger partial charge in [0, 0.05) is 6.04 Å². The monoisotopic (exact) mass is 311 g/mol. The number of unbranched alkanes of at least 4 members (excludes halogenated alkanes) is 4. The smallest absolute Gasteiger partial charge is 0.327 e. The van der Waals surface area contributed by atoms with Crippen LogP contribution >= 0.6 is 0 Å². The van der Waals surface area contributed by atoms with Crippen molar-refractivity contribution in [3.8, 4) is 0 Å². The molecule has 0 radical (unpaired) electrons. The van der Waals surface area contributed by atoms with E-state index in [4.69, 9.17) is 10.3 Å². The van der Waals surface area contributed by atoms with Crippen LogP contribution in [-0.2, 0) is 14.6 Å². The van der Waals surface area contributed by atoms with Gasteiger partial charge in [-0.3, -0.25) is 4.55 Å². The van der Waals surface area contributed by atoms with E-state index in [2.05, 4.69) is 31.9 Å². The van der Waals surface area contributed by atoms with Gasteiger partial charge in [0.15, 0.2) is 0 Å². The first-order valence-electron chi connectivity index (χ1n) is 7.42. The lowest BCUT2D eigenvalue weighted by atomic mass is 9.84. The quantitative estimate of drug-likeness (QED) is 0.528. The van der Waals surface area contributed by atoms with E-state index in [1.807, 2.05) is 0 Å². The molecule has 0 aromatic carbocycles. The Morgan fingerprint density at radius 1 is 1.10 bits per heavy atom. The minimum Gasteiger partial charge on any atom is -0.327 e. The van der Waals surface area contributed by atoms with Crippen LogP contribution in [0, 0.1) is 5.41 Å². The molecule has 6 heteroatoms. The molecule has 0 saturated heterocycles. The molecule has 0 bridgehead atoms. The zero-order valence-corrected chi connectivity index (χ0v) is 14.5. The Morgan fingerprint density at radius 3 is 1.90 bits per heavy atom. The van der Waals surface area contributed by atoms with Crippen LogP contribution in [0.15, 0.2) is 0 Å². The van der Waals surface area contributed by atoms with Crippen LogP contribution in [0.25, 0.3) is 0 Å². The Labute approximate surface area is 125 Å². The van der Waals surface area contributed by atoms with Gasteiger partial charge in [-0.05, 0) is 18.8 Å². The highest BCUT2D eigenvalue weighted by Crippen LogP contribution is 2.21. The molecule has 0 heterocycles. The Bertz CT molecular complexity index is 310. The summed E-state index contributed by atoms with van der Waals surface area (Å²) >= 11 is 0. The molecule has 0 rings (SSSR count). The van der Waals surface area contributed by atoms with Gasteiger partial charge >= 0.3 is 10.4 Å². The summed E-state index contributed by atoms with van der Waals surface area (Å²) in [5.74, 6) is 0. The van der Waals surface area contributed by atoms with Crippen LogP contribution < -0.4 is 5.73 Å². The van der Waals surface area contributed by atoms with Gasteiger partial charge in [0.1, 0.15) is 0 Å². The van der Waals surface area contributed by atoms with E-state index in [1.54, 1.807) is 0 Å². The Morgan fingerprint density at radius 2 is 1.60 bits per heavy atom. The van der Waals surface area contributed by atoms with Gasteiger partial charge in [0.2, 0.25) is 0 Å². The van der Waals surface area contributed by atoms with E-state index in [0.29, 0.717) is 6.04 Å².